The number of rotatable bonds is 3. The average molecular weight is 286 g/mol. The third kappa shape index (κ3) is 4.07. The standard InChI is InChI=1S/C17H22N2O2/c1-13-11-15(7-6-14(13)5-3-9-18)16(20)19-12-17(2)8-4-10-21-17/h6-7,11H,4,8-10,12,18H2,1-2H3,(H,19,20). The van der Waals surface area contributed by atoms with Gasteiger partial charge in [0.05, 0.1) is 12.1 Å². The zero-order valence-electron chi connectivity index (χ0n) is 12.7. The summed E-state index contributed by atoms with van der Waals surface area (Å²) in [5.74, 6) is 5.74. The van der Waals surface area contributed by atoms with Crippen LogP contribution in [-0.2, 0) is 4.74 Å². The molecule has 4 nitrogen and oxygen atoms in total. The maximum Gasteiger partial charge on any atom is 0.251 e. The molecule has 1 aliphatic heterocycles. The molecular weight excluding hydrogens is 264 g/mol. The predicted octanol–water partition coefficient (Wildman–Crippen LogP) is 1.60. The van der Waals surface area contributed by atoms with Crippen molar-refractivity contribution in [2.45, 2.75) is 32.3 Å². The molecule has 0 bridgehead atoms. The molecule has 1 atom stereocenters. The van der Waals surface area contributed by atoms with Gasteiger partial charge in [0, 0.05) is 24.3 Å². The molecule has 112 valence electrons. The number of nitrogens with two attached hydrogens (primary N) is 1. The minimum Gasteiger partial charge on any atom is -0.373 e. The van der Waals surface area contributed by atoms with E-state index in [4.69, 9.17) is 10.5 Å². The lowest BCUT2D eigenvalue weighted by atomic mass is 10.0. The molecule has 1 heterocycles. The summed E-state index contributed by atoms with van der Waals surface area (Å²) in [5, 5.41) is 2.95. The van der Waals surface area contributed by atoms with Crippen molar-refractivity contribution in [1.82, 2.24) is 5.32 Å². The first-order valence-electron chi connectivity index (χ1n) is 7.26. The minimum atomic E-state index is -0.225. The summed E-state index contributed by atoms with van der Waals surface area (Å²) < 4.78 is 5.67. The maximum atomic E-state index is 12.2. The van der Waals surface area contributed by atoms with Crippen LogP contribution in [0.15, 0.2) is 18.2 Å². The number of nitrogens with one attached hydrogen (secondary N) is 1. The third-order valence-electron chi connectivity index (χ3n) is 3.74. The number of benzene rings is 1. The van der Waals surface area contributed by atoms with Gasteiger partial charge in [-0.1, -0.05) is 11.8 Å². The van der Waals surface area contributed by atoms with E-state index in [2.05, 4.69) is 17.2 Å². The quantitative estimate of drug-likeness (QED) is 0.830. The van der Waals surface area contributed by atoms with Crippen LogP contribution in [-0.4, -0.2) is 31.2 Å². The molecule has 1 aliphatic rings. The molecular formula is C17H22N2O2. The molecule has 0 radical (unpaired) electrons. The molecule has 0 aliphatic carbocycles. The van der Waals surface area contributed by atoms with Crippen LogP contribution in [0, 0.1) is 18.8 Å². The second-order valence-electron chi connectivity index (χ2n) is 5.62. The van der Waals surface area contributed by atoms with E-state index in [-0.39, 0.29) is 11.5 Å². The van der Waals surface area contributed by atoms with E-state index in [9.17, 15) is 4.79 Å². The molecule has 2 rings (SSSR count). The summed E-state index contributed by atoms with van der Waals surface area (Å²) in [4.78, 5) is 12.2. The molecule has 0 saturated carbocycles. The monoisotopic (exact) mass is 286 g/mol. The van der Waals surface area contributed by atoms with Crippen LogP contribution in [0.3, 0.4) is 0 Å². The Balaban J connectivity index is 2.01. The molecule has 1 unspecified atom stereocenters. The number of hydrogen-bond acceptors (Lipinski definition) is 3. The van der Waals surface area contributed by atoms with E-state index in [1.165, 1.54) is 0 Å². The zero-order valence-corrected chi connectivity index (χ0v) is 12.7. The second kappa shape index (κ2) is 6.75. The molecule has 3 N–H and O–H groups in total. The van der Waals surface area contributed by atoms with Crippen molar-refractivity contribution >= 4 is 5.91 Å². The van der Waals surface area contributed by atoms with Crippen molar-refractivity contribution in [3.05, 3.63) is 34.9 Å². The van der Waals surface area contributed by atoms with Crippen molar-refractivity contribution in [1.29, 1.82) is 0 Å². The Hall–Kier alpha value is -1.83. The molecule has 1 aromatic carbocycles. The Morgan fingerprint density at radius 2 is 2.33 bits per heavy atom. The topological polar surface area (TPSA) is 64.3 Å². The highest BCUT2D eigenvalue weighted by molar-refractivity contribution is 5.94. The summed E-state index contributed by atoms with van der Waals surface area (Å²) >= 11 is 0. The van der Waals surface area contributed by atoms with Crippen LogP contribution < -0.4 is 11.1 Å². The fraction of sp³-hybridized carbons (Fsp3) is 0.471. The number of hydrogen-bond donors (Lipinski definition) is 2. The molecule has 1 fully saturated rings. The first-order chi connectivity index (χ1) is 10.0. The van der Waals surface area contributed by atoms with Crippen LogP contribution in [0.4, 0.5) is 0 Å². The maximum absolute atomic E-state index is 12.2. The van der Waals surface area contributed by atoms with Gasteiger partial charge in [-0.15, -0.1) is 0 Å². The van der Waals surface area contributed by atoms with Crippen LogP contribution in [0.25, 0.3) is 0 Å². The first kappa shape index (κ1) is 15.6. The Morgan fingerprint density at radius 3 is 2.95 bits per heavy atom. The van der Waals surface area contributed by atoms with Gasteiger partial charge in [-0.2, -0.15) is 0 Å². The molecule has 4 heteroatoms. The highest BCUT2D eigenvalue weighted by Crippen LogP contribution is 2.24. The number of carbonyl (C=O) groups excluding carboxylic acids is 1. The zero-order chi connectivity index (χ0) is 15.3. The van der Waals surface area contributed by atoms with E-state index in [0.29, 0.717) is 18.7 Å². The van der Waals surface area contributed by atoms with E-state index < -0.39 is 0 Å². The van der Waals surface area contributed by atoms with Gasteiger partial charge in [-0.3, -0.25) is 4.79 Å². The minimum absolute atomic E-state index is 0.0758. The molecule has 1 amide bonds. The van der Waals surface area contributed by atoms with Gasteiger partial charge in [0.15, 0.2) is 0 Å². The van der Waals surface area contributed by atoms with Crippen molar-refractivity contribution in [3.8, 4) is 11.8 Å². The Morgan fingerprint density at radius 1 is 1.52 bits per heavy atom. The molecule has 1 saturated heterocycles. The normalized spacial score (nSPS) is 20.7. The van der Waals surface area contributed by atoms with Gasteiger partial charge in [-0.25, -0.2) is 0 Å². The lowest BCUT2D eigenvalue weighted by molar-refractivity contribution is 0.0206. The third-order valence-corrected chi connectivity index (χ3v) is 3.74. The van der Waals surface area contributed by atoms with Crippen molar-refractivity contribution in [2.24, 2.45) is 5.73 Å². The van der Waals surface area contributed by atoms with Crippen molar-refractivity contribution in [2.75, 3.05) is 19.7 Å². The highest BCUT2D eigenvalue weighted by Gasteiger charge is 2.30. The van der Waals surface area contributed by atoms with Crippen LogP contribution in [0.1, 0.15) is 41.3 Å². The number of aryl methyl sites for hydroxylation is 1. The molecule has 0 aromatic heterocycles. The lowest BCUT2D eigenvalue weighted by Gasteiger charge is -2.23. The summed E-state index contributed by atoms with van der Waals surface area (Å²) in [6.07, 6.45) is 2.04. The van der Waals surface area contributed by atoms with Gasteiger partial charge in [0.2, 0.25) is 0 Å². The Bertz CT molecular complexity index is 578. The molecule has 1 aromatic rings. The van der Waals surface area contributed by atoms with Crippen molar-refractivity contribution < 1.29 is 9.53 Å². The summed E-state index contributed by atoms with van der Waals surface area (Å²) in [5.41, 5.74) is 7.67. The van der Waals surface area contributed by atoms with Gasteiger partial charge >= 0.3 is 0 Å². The summed E-state index contributed by atoms with van der Waals surface area (Å²) in [7, 11) is 0. The number of amides is 1. The SMILES string of the molecule is Cc1cc(C(=O)NCC2(C)CCCO2)ccc1C#CCN. The predicted molar refractivity (Wildman–Crippen MR) is 83.0 cm³/mol. The molecule has 21 heavy (non-hydrogen) atoms. The summed E-state index contributed by atoms with van der Waals surface area (Å²) in [6, 6.07) is 5.51. The van der Waals surface area contributed by atoms with E-state index in [1.54, 1.807) is 6.07 Å². The van der Waals surface area contributed by atoms with E-state index in [1.807, 2.05) is 26.0 Å². The van der Waals surface area contributed by atoms with Gasteiger partial charge in [-0.05, 0) is 50.5 Å². The molecule has 0 spiro atoms. The number of carbonyl (C=O) groups is 1. The van der Waals surface area contributed by atoms with Gasteiger partial charge in [0.25, 0.3) is 5.91 Å². The van der Waals surface area contributed by atoms with Crippen LogP contribution in [0.5, 0.6) is 0 Å². The summed E-state index contributed by atoms with van der Waals surface area (Å²) in [6.45, 7) is 5.63. The van der Waals surface area contributed by atoms with Crippen LogP contribution in [0.2, 0.25) is 0 Å². The Labute approximate surface area is 126 Å². The van der Waals surface area contributed by atoms with Crippen molar-refractivity contribution in [3.63, 3.8) is 0 Å². The fourth-order valence-corrected chi connectivity index (χ4v) is 2.44. The van der Waals surface area contributed by atoms with E-state index in [0.717, 1.165) is 30.6 Å². The lowest BCUT2D eigenvalue weighted by Crippen LogP contribution is -2.40. The smallest absolute Gasteiger partial charge is 0.251 e. The fourth-order valence-electron chi connectivity index (χ4n) is 2.44. The number of ether oxygens (including phenoxy) is 1. The second-order valence-corrected chi connectivity index (χ2v) is 5.62. The average Bonchev–Trinajstić information content (AvgIpc) is 2.91. The Kier molecular flexibility index (Phi) is 5.00. The van der Waals surface area contributed by atoms with Gasteiger partial charge in [0.1, 0.15) is 0 Å². The highest BCUT2D eigenvalue weighted by atomic mass is 16.5. The largest absolute Gasteiger partial charge is 0.373 e. The van der Waals surface area contributed by atoms with Gasteiger partial charge < -0.3 is 15.8 Å². The first-order valence-corrected chi connectivity index (χ1v) is 7.26. The van der Waals surface area contributed by atoms with Crippen LogP contribution >= 0.6 is 0 Å². The van der Waals surface area contributed by atoms with E-state index >= 15 is 0 Å².